The number of H-pyrrole nitrogens is 1. The molecule has 0 radical (unpaired) electrons. The van der Waals surface area contributed by atoms with Crippen LogP contribution in [0, 0.1) is 6.92 Å². The number of amides is 1. The Balaban J connectivity index is 1.11. The van der Waals surface area contributed by atoms with Crippen LogP contribution < -0.4 is 10.2 Å². The Bertz CT molecular complexity index is 1710. The molecule has 0 bridgehead atoms. The van der Waals surface area contributed by atoms with Crippen molar-refractivity contribution in [1.29, 1.82) is 0 Å². The summed E-state index contributed by atoms with van der Waals surface area (Å²) in [7, 11) is 0. The fraction of sp³-hybridized carbons (Fsp3) is 0.235. The molecule has 0 aliphatic carbocycles. The topological polar surface area (TPSA) is 73.5 Å². The summed E-state index contributed by atoms with van der Waals surface area (Å²) in [6, 6.07) is 33.2. The number of ether oxygens (including phenoxy) is 1. The summed E-state index contributed by atoms with van der Waals surface area (Å²) in [6.07, 6.45) is 1.54. The van der Waals surface area contributed by atoms with Crippen LogP contribution in [0.2, 0.25) is 0 Å². The van der Waals surface area contributed by atoms with Gasteiger partial charge in [0.2, 0.25) is 5.95 Å². The number of fused-ring (bicyclic) bond motifs is 3. The number of nitrogens with zero attached hydrogens (tertiary/aromatic N) is 3. The molecule has 41 heavy (non-hydrogen) atoms. The molecule has 2 aliphatic rings. The number of benzene rings is 4. The highest BCUT2D eigenvalue weighted by Gasteiger charge is 2.46. The highest BCUT2D eigenvalue weighted by atomic mass is 16.6. The van der Waals surface area contributed by atoms with Gasteiger partial charge < -0.3 is 24.8 Å². The SMILES string of the molecule is Cc1ccc2nc(Nc3ccccc3N3CC4(CCN(C(=O)OCc5ccccc5)CC4)c4ccccc43)[nH]c2c1. The number of anilines is 4. The van der Waals surface area contributed by atoms with Gasteiger partial charge in [-0.1, -0.05) is 66.7 Å². The second-order valence-corrected chi connectivity index (χ2v) is 11.2. The Morgan fingerprint density at radius 2 is 1.66 bits per heavy atom. The lowest BCUT2D eigenvalue weighted by atomic mass is 9.74. The number of hydrogen-bond acceptors (Lipinski definition) is 5. The number of aryl methyl sites for hydroxylation is 1. The summed E-state index contributed by atoms with van der Waals surface area (Å²) in [5, 5.41) is 3.55. The summed E-state index contributed by atoms with van der Waals surface area (Å²) in [5.41, 5.74) is 8.81. The van der Waals surface area contributed by atoms with Gasteiger partial charge in [0.05, 0.1) is 22.4 Å². The molecule has 7 heteroatoms. The summed E-state index contributed by atoms with van der Waals surface area (Å²) >= 11 is 0. The molecule has 1 spiro atoms. The summed E-state index contributed by atoms with van der Waals surface area (Å²) in [4.78, 5) is 25.4. The van der Waals surface area contributed by atoms with Crippen LogP contribution in [0.15, 0.2) is 97.1 Å². The summed E-state index contributed by atoms with van der Waals surface area (Å²) < 4.78 is 5.64. The molecule has 1 saturated heterocycles. The second kappa shape index (κ2) is 10.3. The molecule has 206 valence electrons. The third-order valence-electron chi connectivity index (χ3n) is 8.50. The van der Waals surface area contributed by atoms with E-state index < -0.39 is 0 Å². The predicted octanol–water partition coefficient (Wildman–Crippen LogP) is 7.44. The largest absolute Gasteiger partial charge is 0.445 e. The molecule has 0 atom stereocenters. The Morgan fingerprint density at radius 1 is 0.927 bits per heavy atom. The first-order valence-electron chi connectivity index (χ1n) is 14.2. The fourth-order valence-electron chi connectivity index (χ4n) is 6.33. The van der Waals surface area contributed by atoms with E-state index in [-0.39, 0.29) is 11.5 Å². The van der Waals surface area contributed by atoms with Gasteiger partial charge >= 0.3 is 6.09 Å². The van der Waals surface area contributed by atoms with Crippen molar-refractivity contribution >= 4 is 40.1 Å². The maximum atomic E-state index is 12.9. The minimum Gasteiger partial charge on any atom is -0.445 e. The van der Waals surface area contributed by atoms with Crippen LogP contribution in [-0.4, -0.2) is 40.6 Å². The number of aromatic nitrogens is 2. The van der Waals surface area contributed by atoms with Crippen molar-refractivity contribution in [2.24, 2.45) is 0 Å². The molecule has 7 nitrogen and oxygen atoms in total. The first-order chi connectivity index (χ1) is 20.1. The van der Waals surface area contributed by atoms with E-state index in [0.717, 1.165) is 53.3 Å². The van der Waals surface area contributed by atoms with Gasteiger partial charge in [-0.15, -0.1) is 0 Å². The highest BCUT2D eigenvalue weighted by Crippen LogP contribution is 2.51. The number of imidazole rings is 1. The number of hydrogen-bond donors (Lipinski definition) is 2. The average molecular weight is 544 g/mol. The third-order valence-corrected chi connectivity index (χ3v) is 8.50. The van der Waals surface area contributed by atoms with E-state index in [4.69, 9.17) is 9.72 Å². The average Bonchev–Trinajstić information content (AvgIpc) is 3.55. The van der Waals surface area contributed by atoms with Gasteiger partial charge in [0, 0.05) is 30.7 Å². The molecule has 0 unspecified atom stereocenters. The van der Waals surface area contributed by atoms with Crippen molar-refractivity contribution in [3.05, 3.63) is 114 Å². The number of rotatable bonds is 5. The van der Waals surface area contributed by atoms with E-state index >= 15 is 0 Å². The number of carbonyl (C=O) groups excluding carboxylic acids is 1. The van der Waals surface area contributed by atoms with E-state index in [1.807, 2.05) is 41.3 Å². The molecular formula is C34H33N5O2. The van der Waals surface area contributed by atoms with Crippen molar-refractivity contribution in [3.63, 3.8) is 0 Å². The molecule has 7 rings (SSSR count). The Hall–Kier alpha value is -4.78. The molecule has 2 N–H and O–H groups in total. The number of nitrogens with one attached hydrogen (secondary N) is 2. The molecule has 1 amide bonds. The minimum atomic E-state index is -0.234. The molecule has 3 heterocycles. The quantitative estimate of drug-likeness (QED) is 0.241. The summed E-state index contributed by atoms with van der Waals surface area (Å²) in [6.45, 7) is 4.59. The number of likely N-dealkylation sites (tertiary alicyclic amines) is 1. The predicted molar refractivity (Wildman–Crippen MR) is 163 cm³/mol. The van der Waals surface area contributed by atoms with Crippen LogP contribution in [-0.2, 0) is 16.8 Å². The number of para-hydroxylation sites is 3. The van der Waals surface area contributed by atoms with Crippen molar-refractivity contribution < 1.29 is 9.53 Å². The van der Waals surface area contributed by atoms with Crippen LogP contribution >= 0.6 is 0 Å². The van der Waals surface area contributed by atoms with E-state index in [1.54, 1.807) is 0 Å². The van der Waals surface area contributed by atoms with Crippen LogP contribution in [0.5, 0.6) is 0 Å². The van der Waals surface area contributed by atoms with Crippen molar-refractivity contribution in [1.82, 2.24) is 14.9 Å². The maximum absolute atomic E-state index is 12.9. The van der Waals surface area contributed by atoms with E-state index in [1.165, 1.54) is 16.8 Å². The molecule has 4 aromatic carbocycles. The van der Waals surface area contributed by atoms with Crippen LogP contribution in [0.3, 0.4) is 0 Å². The number of aromatic amines is 1. The normalized spacial score (nSPS) is 15.7. The monoisotopic (exact) mass is 543 g/mol. The standard InChI is InChI=1S/C34H33N5O2/c1-24-15-16-27-29(21-24)37-32(35-27)36-28-12-6-8-14-31(28)39-23-34(26-11-5-7-13-30(26)39)17-19-38(20-18-34)33(40)41-22-25-9-3-2-4-10-25/h2-16,21H,17-20,22-23H2,1H3,(H2,35,36,37). The molecule has 0 saturated carbocycles. The zero-order valence-electron chi connectivity index (χ0n) is 23.1. The maximum Gasteiger partial charge on any atom is 0.410 e. The number of piperidine rings is 1. The Labute approximate surface area is 239 Å². The van der Waals surface area contributed by atoms with Gasteiger partial charge in [-0.3, -0.25) is 0 Å². The lowest BCUT2D eigenvalue weighted by molar-refractivity contribution is 0.0791. The highest BCUT2D eigenvalue weighted by molar-refractivity contribution is 5.85. The smallest absolute Gasteiger partial charge is 0.410 e. The third kappa shape index (κ3) is 4.78. The van der Waals surface area contributed by atoms with Gasteiger partial charge in [0.25, 0.3) is 0 Å². The van der Waals surface area contributed by atoms with Crippen LogP contribution in [0.4, 0.5) is 27.8 Å². The van der Waals surface area contributed by atoms with Crippen LogP contribution in [0.25, 0.3) is 11.0 Å². The van der Waals surface area contributed by atoms with Gasteiger partial charge in [-0.25, -0.2) is 9.78 Å². The lowest BCUT2D eigenvalue weighted by Crippen LogP contribution is -2.47. The van der Waals surface area contributed by atoms with E-state index in [0.29, 0.717) is 19.7 Å². The molecule has 5 aromatic rings. The van der Waals surface area contributed by atoms with Gasteiger partial charge in [-0.05, 0) is 66.8 Å². The van der Waals surface area contributed by atoms with Gasteiger partial charge in [-0.2, -0.15) is 0 Å². The van der Waals surface area contributed by atoms with Gasteiger partial charge in [0.15, 0.2) is 0 Å². The molecule has 1 aromatic heterocycles. The zero-order valence-corrected chi connectivity index (χ0v) is 23.1. The number of carbonyl (C=O) groups is 1. The lowest BCUT2D eigenvalue weighted by Gasteiger charge is -2.39. The van der Waals surface area contributed by atoms with Crippen molar-refractivity contribution in [3.8, 4) is 0 Å². The molecular weight excluding hydrogens is 510 g/mol. The Kier molecular flexibility index (Phi) is 6.34. The molecule has 2 aliphatic heterocycles. The summed E-state index contributed by atoms with van der Waals surface area (Å²) in [5.74, 6) is 0.725. The van der Waals surface area contributed by atoms with Crippen molar-refractivity contribution in [2.45, 2.75) is 31.8 Å². The molecule has 1 fully saturated rings. The first-order valence-corrected chi connectivity index (χ1v) is 14.2. The van der Waals surface area contributed by atoms with E-state index in [9.17, 15) is 4.79 Å². The minimum absolute atomic E-state index is 0.0309. The zero-order chi connectivity index (χ0) is 27.8. The first kappa shape index (κ1) is 25.2. The van der Waals surface area contributed by atoms with Crippen LogP contribution in [0.1, 0.15) is 29.5 Å². The van der Waals surface area contributed by atoms with E-state index in [2.05, 4.69) is 82.8 Å². The Morgan fingerprint density at radius 3 is 2.49 bits per heavy atom. The second-order valence-electron chi connectivity index (χ2n) is 11.2. The van der Waals surface area contributed by atoms with Crippen molar-refractivity contribution in [2.75, 3.05) is 29.9 Å². The fourth-order valence-corrected chi connectivity index (χ4v) is 6.33. The van der Waals surface area contributed by atoms with Gasteiger partial charge in [0.1, 0.15) is 6.61 Å².